The molecule has 2 heterocycles. The molecular weight excluding hydrogens is 386 g/mol. The Morgan fingerprint density at radius 2 is 2.13 bits per heavy atom. The molecule has 160 valence electrons. The van der Waals surface area contributed by atoms with Crippen LogP contribution in [0.5, 0.6) is 0 Å². The lowest BCUT2D eigenvalue weighted by atomic mass is 9.95. The second-order valence-corrected chi connectivity index (χ2v) is 9.00. The van der Waals surface area contributed by atoms with Gasteiger partial charge >= 0.3 is 0 Å². The molecule has 3 aromatic rings. The number of rotatable bonds is 6. The Hall–Kier alpha value is -3.41. The molecular formula is C25H30N5O+. The summed E-state index contributed by atoms with van der Waals surface area (Å²) >= 11 is 0. The molecule has 1 aliphatic rings. The molecule has 0 aliphatic carbocycles. The number of likely N-dealkylation sites (tertiary alicyclic amines) is 1. The van der Waals surface area contributed by atoms with Crippen LogP contribution >= 0.6 is 0 Å². The minimum absolute atomic E-state index is 0.108. The molecule has 4 N–H and O–H groups in total. The van der Waals surface area contributed by atoms with E-state index in [2.05, 4.69) is 47.6 Å². The number of nitrogens with zero attached hydrogens (tertiary/aromatic N) is 2. The molecule has 1 aliphatic heterocycles. The van der Waals surface area contributed by atoms with E-state index in [1.54, 1.807) is 12.4 Å². The Balaban J connectivity index is 1.45. The molecule has 2 aromatic carbocycles. The number of hydrogen-bond donors (Lipinski definition) is 3. The normalized spacial score (nSPS) is 17.5. The number of carbonyl (C=O) groups excluding carboxylic acids is 1. The molecule has 1 atom stereocenters. The predicted octanol–water partition coefficient (Wildman–Crippen LogP) is 2.92. The number of aromatic nitrogens is 2. The Morgan fingerprint density at radius 1 is 1.29 bits per heavy atom. The number of aromatic amines is 1. The van der Waals surface area contributed by atoms with Gasteiger partial charge < -0.3 is 10.2 Å². The molecule has 4 rings (SSSR count). The zero-order valence-electron chi connectivity index (χ0n) is 18.4. The van der Waals surface area contributed by atoms with Crippen molar-refractivity contribution in [2.75, 3.05) is 18.4 Å². The topological polar surface area (TPSA) is 86.6 Å². The van der Waals surface area contributed by atoms with Gasteiger partial charge in [0.05, 0.1) is 11.8 Å². The zero-order chi connectivity index (χ0) is 22.0. The smallest absolute Gasteiger partial charge is 0.254 e. The van der Waals surface area contributed by atoms with Crippen molar-refractivity contribution in [3.63, 3.8) is 0 Å². The van der Waals surface area contributed by atoms with E-state index in [9.17, 15) is 4.79 Å². The molecule has 1 fully saturated rings. The van der Waals surface area contributed by atoms with Gasteiger partial charge in [0.15, 0.2) is 6.21 Å². The molecule has 0 radical (unpaired) electrons. The third-order valence-corrected chi connectivity index (χ3v) is 6.11. The molecule has 1 unspecified atom stereocenters. The van der Waals surface area contributed by atoms with Crippen LogP contribution in [-0.2, 0) is 0 Å². The second kappa shape index (κ2) is 8.38. The molecule has 1 aromatic heterocycles. The van der Waals surface area contributed by atoms with E-state index in [0.717, 1.165) is 53.0 Å². The van der Waals surface area contributed by atoms with Gasteiger partial charge in [0.2, 0.25) is 0 Å². The highest BCUT2D eigenvalue weighted by atomic mass is 16.2. The average Bonchev–Trinajstić information content (AvgIpc) is 3.39. The Bertz CT molecular complexity index is 1090. The molecule has 31 heavy (non-hydrogen) atoms. The van der Waals surface area contributed by atoms with Crippen LogP contribution in [0.4, 0.5) is 5.69 Å². The Labute approximate surface area is 183 Å². The van der Waals surface area contributed by atoms with Gasteiger partial charge in [-0.2, -0.15) is 5.10 Å². The Kier molecular flexibility index (Phi) is 5.63. The van der Waals surface area contributed by atoms with E-state index in [4.69, 9.17) is 5.41 Å². The molecule has 6 heteroatoms. The maximum Gasteiger partial charge on any atom is 0.254 e. The van der Waals surface area contributed by atoms with E-state index in [1.165, 1.54) is 0 Å². The highest BCUT2D eigenvalue weighted by molar-refractivity contribution is 5.95. The highest BCUT2D eigenvalue weighted by Gasteiger charge is 2.41. The summed E-state index contributed by atoms with van der Waals surface area (Å²) in [5.41, 5.74) is 5.72. The largest absolute Gasteiger partial charge is 0.384 e. The summed E-state index contributed by atoms with van der Waals surface area (Å²) in [6.07, 6.45) is 6.23. The Morgan fingerprint density at radius 3 is 2.84 bits per heavy atom. The van der Waals surface area contributed by atoms with E-state index < -0.39 is 0 Å². The summed E-state index contributed by atoms with van der Waals surface area (Å²) in [6, 6.07) is 14.0. The van der Waals surface area contributed by atoms with Crippen LogP contribution < -0.4 is 10.7 Å². The molecule has 0 saturated carbocycles. The summed E-state index contributed by atoms with van der Waals surface area (Å²) in [7, 11) is 0. The highest BCUT2D eigenvalue weighted by Crippen LogP contribution is 2.34. The van der Waals surface area contributed by atoms with Crippen LogP contribution in [0, 0.1) is 12.8 Å². The molecule has 1 amide bonds. The van der Waals surface area contributed by atoms with Gasteiger partial charge in [-0.1, -0.05) is 23.8 Å². The molecule has 0 bridgehead atoms. The lowest BCUT2D eigenvalue weighted by Crippen LogP contribution is -2.42. The number of carbonyl (C=O) groups is 1. The molecule has 6 nitrogen and oxygen atoms in total. The van der Waals surface area contributed by atoms with Gasteiger partial charge in [-0.3, -0.25) is 15.3 Å². The van der Waals surface area contributed by atoms with Crippen molar-refractivity contribution in [1.82, 2.24) is 15.1 Å². The van der Waals surface area contributed by atoms with Crippen molar-refractivity contribution < 1.29 is 10.2 Å². The molecule has 1 saturated heterocycles. The first kappa shape index (κ1) is 20.8. The number of hydrogen-bond acceptors (Lipinski definition) is 3. The van der Waals surface area contributed by atoms with E-state index in [-0.39, 0.29) is 11.4 Å². The first-order valence-electron chi connectivity index (χ1n) is 10.7. The number of amides is 1. The zero-order valence-corrected chi connectivity index (χ0v) is 18.4. The van der Waals surface area contributed by atoms with Crippen LogP contribution in [-0.4, -0.2) is 45.8 Å². The number of aryl methyl sites for hydroxylation is 1. The van der Waals surface area contributed by atoms with Crippen LogP contribution in [0.15, 0.2) is 54.9 Å². The van der Waals surface area contributed by atoms with Gasteiger partial charge in [0.25, 0.3) is 5.91 Å². The fraction of sp³-hybridized carbons (Fsp3) is 0.320. The van der Waals surface area contributed by atoms with Gasteiger partial charge in [-0.05, 0) is 62.9 Å². The van der Waals surface area contributed by atoms with Gasteiger partial charge in [-0.25, -0.2) is 0 Å². The van der Waals surface area contributed by atoms with Gasteiger partial charge in [0, 0.05) is 41.6 Å². The van der Waals surface area contributed by atoms with Crippen LogP contribution in [0.3, 0.4) is 0 Å². The number of nitrogens with one attached hydrogen (secondary N) is 2. The summed E-state index contributed by atoms with van der Waals surface area (Å²) in [5.74, 6) is 0.472. The SMILES string of the molecule is Cc1cccc(C(=O)N2CC(CNc3ccc(-c4cn[nH]c4)cc3C=[NH2+])CC2(C)C)c1. The van der Waals surface area contributed by atoms with Crippen molar-refractivity contribution in [3.8, 4) is 11.1 Å². The second-order valence-electron chi connectivity index (χ2n) is 9.00. The number of anilines is 1. The van der Waals surface area contributed by atoms with E-state index in [1.807, 2.05) is 42.3 Å². The van der Waals surface area contributed by atoms with Crippen molar-refractivity contribution in [2.24, 2.45) is 5.92 Å². The average molecular weight is 417 g/mol. The lowest BCUT2D eigenvalue weighted by Gasteiger charge is -2.31. The van der Waals surface area contributed by atoms with Crippen molar-refractivity contribution >= 4 is 17.8 Å². The van der Waals surface area contributed by atoms with Gasteiger partial charge in [-0.15, -0.1) is 0 Å². The maximum atomic E-state index is 13.2. The van der Waals surface area contributed by atoms with E-state index >= 15 is 0 Å². The minimum Gasteiger partial charge on any atom is -0.384 e. The van der Waals surface area contributed by atoms with Crippen LogP contribution in [0.25, 0.3) is 11.1 Å². The van der Waals surface area contributed by atoms with Crippen molar-refractivity contribution in [3.05, 3.63) is 71.5 Å². The summed E-state index contributed by atoms with van der Waals surface area (Å²) in [5, 5.41) is 16.3. The maximum absolute atomic E-state index is 13.2. The molecule has 0 spiro atoms. The summed E-state index contributed by atoms with van der Waals surface area (Å²) in [6.45, 7) is 7.84. The number of H-pyrrole nitrogens is 1. The number of benzene rings is 2. The quantitative estimate of drug-likeness (QED) is 0.540. The van der Waals surface area contributed by atoms with Crippen LogP contribution in [0.1, 0.15) is 41.8 Å². The third-order valence-electron chi connectivity index (χ3n) is 6.11. The predicted molar refractivity (Wildman–Crippen MR) is 124 cm³/mol. The fourth-order valence-electron chi connectivity index (χ4n) is 4.52. The minimum atomic E-state index is -0.179. The van der Waals surface area contributed by atoms with E-state index in [0.29, 0.717) is 5.92 Å². The van der Waals surface area contributed by atoms with Gasteiger partial charge in [0.1, 0.15) is 0 Å². The lowest BCUT2D eigenvalue weighted by molar-refractivity contribution is -0.104. The summed E-state index contributed by atoms with van der Waals surface area (Å²) < 4.78 is 0. The van der Waals surface area contributed by atoms with Crippen LogP contribution in [0.2, 0.25) is 0 Å². The first-order valence-corrected chi connectivity index (χ1v) is 10.7. The standard InChI is InChI=1S/C25H29N5O/c1-17-5-4-6-20(9-17)24(31)30-16-18(11-25(30,2)3)13-27-23-8-7-19(10-21(23)12-26)22-14-28-29-15-22/h4-10,12,14-15,18,26-27H,11,13,16H2,1-3H3,(H,28,29)/p+1. The number of nitrogens with two attached hydrogens (primary N) is 1. The van der Waals surface area contributed by atoms with Crippen molar-refractivity contribution in [2.45, 2.75) is 32.7 Å². The third kappa shape index (κ3) is 4.38. The summed E-state index contributed by atoms with van der Waals surface area (Å²) in [4.78, 5) is 15.2. The first-order chi connectivity index (χ1) is 14.9. The van der Waals surface area contributed by atoms with Crippen molar-refractivity contribution in [1.29, 1.82) is 0 Å². The fourth-order valence-corrected chi connectivity index (χ4v) is 4.52. The monoisotopic (exact) mass is 416 g/mol.